The maximum absolute atomic E-state index is 12.4. The molecule has 26 heavy (non-hydrogen) atoms. The third kappa shape index (κ3) is 4.68. The number of benzene rings is 1. The lowest BCUT2D eigenvalue weighted by Gasteiger charge is -2.10. The summed E-state index contributed by atoms with van der Waals surface area (Å²) in [6.07, 6.45) is 3.35. The lowest BCUT2D eigenvalue weighted by Crippen LogP contribution is -2.24. The molecule has 0 atom stereocenters. The van der Waals surface area contributed by atoms with Gasteiger partial charge in [-0.3, -0.25) is 9.78 Å². The smallest absolute Gasteiger partial charge is 0.270 e. The minimum absolute atomic E-state index is 0.257. The van der Waals surface area contributed by atoms with Crippen molar-refractivity contribution in [3.63, 3.8) is 0 Å². The van der Waals surface area contributed by atoms with E-state index in [2.05, 4.69) is 25.6 Å². The summed E-state index contributed by atoms with van der Waals surface area (Å²) in [6.45, 7) is 2.09. The number of carbonyl (C=O) groups excluding carboxylic acids is 1. The van der Waals surface area contributed by atoms with E-state index in [1.165, 1.54) is 0 Å². The van der Waals surface area contributed by atoms with Gasteiger partial charge in [0.25, 0.3) is 5.91 Å². The van der Waals surface area contributed by atoms with Gasteiger partial charge in [-0.05, 0) is 42.8 Å². The van der Waals surface area contributed by atoms with Gasteiger partial charge in [-0.1, -0.05) is 23.2 Å². The Morgan fingerprint density at radius 3 is 2.62 bits per heavy atom. The number of hydrogen-bond acceptors (Lipinski definition) is 5. The number of aryl methyl sites for hydroxylation is 1. The van der Waals surface area contributed by atoms with Gasteiger partial charge in [-0.15, -0.1) is 0 Å². The van der Waals surface area contributed by atoms with Crippen LogP contribution in [0.4, 0.5) is 11.5 Å². The van der Waals surface area contributed by atoms with Crippen molar-refractivity contribution < 1.29 is 4.79 Å². The first-order valence-electron chi connectivity index (χ1n) is 7.76. The minimum atomic E-state index is -0.299. The average Bonchev–Trinajstić information content (AvgIpc) is 2.63. The van der Waals surface area contributed by atoms with Crippen molar-refractivity contribution >= 4 is 40.6 Å². The number of carbonyl (C=O) groups is 1. The van der Waals surface area contributed by atoms with Gasteiger partial charge in [-0.25, -0.2) is 9.97 Å². The zero-order valence-corrected chi connectivity index (χ0v) is 15.3. The summed E-state index contributed by atoms with van der Waals surface area (Å²) in [6, 6.07) is 10.3. The molecule has 0 saturated carbocycles. The zero-order chi connectivity index (χ0) is 18.5. The first-order chi connectivity index (χ1) is 12.5. The lowest BCUT2D eigenvalue weighted by molar-refractivity contribution is 0.0945. The van der Waals surface area contributed by atoms with E-state index in [-0.39, 0.29) is 11.6 Å². The van der Waals surface area contributed by atoms with Crippen LogP contribution < -0.4 is 10.6 Å². The Kier molecular flexibility index (Phi) is 5.65. The fourth-order valence-electron chi connectivity index (χ4n) is 2.25. The molecule has 3 aromatic rings. The van der Waals surface area contributed by atoms with Crippen molar-refractivity contribution in [3.05, 3.63) is 75.9 Å². The molecule has 0 fully saturated rings. The van der Waals surface area contributed by atoms with E-state index in [1.54, 1.807) is 43.6 Å². The SMILES string of the molecule is Cc1nc(Nc2cc(Cl)ccc2Cl)cc(C(=O)NCc2ccncc2)n1. The first kappa shape index (κ1) is 18.1. The summed E-state index contributed by atoms with van der Waals surface area (Å²) in [5, 5.41) is 6.92. The number of nitrogens with zero attached hydrogens (tertiary/aromatic N) is 3. The molecular formula is C18H15Cl2N5O. The van der Waals surface area contributed by atoms with Crippen LogP contribution in [0.25, 0.3) is 0 Å². The molecule has 0 aliphatic carbocycles. The van der Waals surface area contributed by atoms with Crippen LogP contribution in [0.2, 0.25) is 10.0 Å². The van der Waals surface area contributed by atoms with Crippen LogP contribution in [0.1, 0.15) is 21.9 Å². The van der Waals surface area contributed by atoms with E-state index in [1.807, 2.05) is 12.1 Å². The maximum Gasteiger partial charge on any atom is 0.270 e. The predicted octanol–water partition coefficient (Wildman–Crippen LogP) is 4.16. The van der Waals surface area contributed by atoms with Crippen molar-refractivity contribution in [1.82, 2.24) is 20.3 Å². The van der Waals surface area contributed by atoms with Gasteiger partial charge in [-0.2, -0.15) is 0 Å². The number of rotatable bonds is 5. The highest BCUT2D eigenvalue weighted by Crippen LogP contribution is 2.28. The monoisotopic (exact) mass is 387 g/mol. The molecule has 0 unspecified atom stereocenters. The second kappa shape index (κ2) is 8.12. The number of halogens is 2. The van der Waals surface area contributed by atoms with Crippen molar-refractivity contribution in [1.29, 1.82) is 0 Å². The molecule has 1 amide bonds. The molecule has 2 N–H and O–H groups in total. The Morgan fingerprint density at radius 2 is 1.85 bits per heavy atom. The highest BCUT2D eigenvalue weighted by Gasteiger charge is 2.11. The van der Waals surface area contributed by atoms with Crippen LogP contribution in [0, 0.1) is 6.92 Å². The fraction of sp³-hybridized carbons (Fsp3) is 0.111. The first-order valence-corrected chi connectivity index (χ1v) is 8.52. The van der Waals surface area contributed by atoms with E-state index in [9.17, 15) is 4.79 Å². The van der Waals surface area contributed by atoms with E-state index >= 15 is 0 Å². The van der Waals surface area contributed by atoms with Gasteiger partial charge in [0, 0.05) is 30.0 Å². The molecular weight excluding hydrogens is 373 g/mol. The van der Waals surface area contributed by atoms with E-state index in [0.717, 1.165) is 5.56 Å². The Labute approximate surface area is 160 Å². The van der Waals surface area contributed by atoms with Gasteiger partial charge in [0.2, 0.25) is 0 Å². The molecule has 2 aromatic heterocycles. The Morgan fingerprint density at radius 1 is 1.08 bits per heavy atom. The molecule has 0 bridgehead atoms. The number of anilines is 2. The van der Waals surface area contributed by atoms with E-state index in [4.69, 9.17) is 23.2 Å². The maximum atomic E-state index is 12.4. The van der Waals surface area contributed by atoms with Crippen LogP contribution in [0.3, 0.4) is 0 Å². The summed E-state index contributed by atoms with van der Waals surface area (Å²) in [4.78, 5) is 24.8. The van der Waals surface area contributed by atoms with Crippen LogP contribution in [-0.4, -0.2) is 20.9 Å². The molecule has 0 aliphatic rings. The second-order valence-corrected chi connectivity index (χ2v) is 6.32. The molecule has 132 valence electrons. The summed E-state index contributed by atoms with van der Waals surface area (Å²) >= 11 is 12.2. The predicted molar refractivity (Wildman–Crippen MR) is 102 cm³/mol. The summed E-state index contributed by atoms with van der Waals surface area (Å²) < 4.78 is 0. The number of amides is 1. The minimum Gasteiger partial charge on any atom is -0.347 e. The lowest BCUT2D eigenvalue weighted by atomic mass is 10.2. The van der Waals surface area contributed by atoms with Gasteiger partial charge >= 0.3 is 0 Å². The molecule has 0 radical (unpaired) electrons. The number of nitrogens with one attached hydrogen (secondary N) is 2. The molecule has 8 heteroatoms. The fourth-order valence-corrected chi connectivity index (χ4v) is 2.59. The summed E-state index contributed by atoms with van der Waals surface area (Å²) in [5.41, 5.74) is 1.80. The number of pyridine rings is 1. The highest BCUT2D eigenvalue weighted by atomic mass is 35.5. The Bertz CT molecular complexity index is 934. The average molecular weight is 388 g/mol. The van der Waals surface area contributed by atoms with Crippen molar-refractivity contribution in [2.24, 2.45) is 0 Å². The standard InChI is InChI=1S/C18H15Cl2N5O/c1-11-23-16(18(26)22-10-12-4-6-21-7-5-12)9-17(24-11)25-15-8-13(19)2-3-14(15)20/h2-9H,10H2,1H3,(H,22,26)(H,23,24,25). The summed E-state index contributed by atoms with van der Waals surface area (Å²) in [5.74, 6) is 0.616. The van der Waals surface area contributed by atoms with E-state index < -0.39 is 0 Å². The number of hydrogen-bond donors (Lipinski definition) is 2. The quantitative estimate of drug-likeness (QED) is 0.686. The molecule has 1 aromatic carbocycles. The van der Waals surface area contributed by atoms with E-state index in [0.29, 0.717) is 33.9 Å². The van der Waals surface area contributed by atoms with Crippen LogP contribution in [-0.2, 0) is 6.54 Å². The topological polar surface area (TPSA) is 79.8 Å². The van der Waals surface area contributed by atoms with Crippen molar-refractivity contribution in [3.8, 4) is 0 Å². The molecule has 6 nitrogen and oxygen atoms in total. The van der Waals surface area contributed by atoms with Gasteiger partial charge in [0.15, 0.2) is 0 Å². The molecule has 3 rings (SSSR count). The van der Waals surface area contributed by atoms with Gasteiger partial charge in [0.1, 0.15) is 17.3 Å². The third-order valence-electron chi connectivity index (χ3n) is 3.46. The van der Waals surface area contributed by atoms with Gasteiger partial charge in [0.05, 0.1) is 10.7 Å². The second-order valence-electron chi connectivity index (χ2n) is 5.47. The zero-order valence-electron chi connectivity index (χ0n) is 13.8. The van der Waals surface area contributed by atoms with Gasteiger partial charge < -0.3 is 10.6 Å². The normalized spacial score (nSPS) is 10.4. The third-order valence-corrected chi connectivity index (χ3v) is 4.03. The highest BCUT2D eigenvalue weighted by molar-refractivity contribution is 6.35. The molecule has 2 heterocycles. The summed E-state index contributed by atoms with van der Waals surface area (Å²) in [7, 11) is 0. The molecule has 0 saturated heterocycles. The van der Waals surface area contributed by atoms with Crippen LogP contribution >= 0.6 is 23.2 Å². The molecule has 0 spiro atoms. The van der Waals surface area contributed by atoms with Crippen molar-refractivity contribution in [2.75, 3.05) is 5.32 Å². The Hall–Kier alpha value is -2.70. The Balaban J connectivity index is 1.76. The number of aromatic nitrogens is 3. The largest absolute Gasteiger partial charge is 0.347 e. The molecule has 0 aliphatic heterocycles. The van der Waals surface area contributed by atoms with Crippen LogP contribution in [0.15, 0.2) is 48.8 Å². The van der Waals surface area contributed by atoms with Crippen molar-refractivity contribution in [2.45, 2.75) is 13.5 Å². The van der Waals surface area contributed by atoms with Crippen LogP contribution in [0.5, 0.6) is 0 Å².